The Bertz CT molecular complexity index is 732. The van der Waals surface area contributed by atoms with Gasteiger partial charge in [-0.1, -0.05) is 30.3 Å². The zero-order chi connectivity index (χ0) is 17.9. The topological polar surface area (TPSA) is 75.8 Å². The average Bonchev–Trinajstić information content (AvgIpc) is 2.54. The van der Waals surface area contributed by atoms with Crippen LogP contribution in [0.4, 0.5) is 0 Å². The molecule has 5 nitrogen and oxygen atoms in total. The summed E-state index contributed by atoms with van der Waals surface area (Å²) in [5, 5.41) is 8.93. The van der Waals surface area contributed by atoms with E-state index in [1.54, 1.807) is 11.9 Å². The highest BCUT2D eigenvalue weighted by Crippen LogP contribution is 2.35. The Balaban J connectivity index is 1.53. The number of hydrogen-bond donors (Lipinski definition) is 2. The molecule has 6 heteroatoms. The van der Waals surface area contributed by atoms with Gasteiger partial charge in [0.2, 0.25) is 0 Å². The predicted octanol–water partition coefficient (Wildman–Crippen LogP) is 2.80. The van der Waals surface area contributed by atoms with Gasteiger partial charge in [0.05, 0.1) is 13.1 Å². The molecule has 1 atom stereocenters. The maximum absolute atomic E-state index is 10.9. The second-order valence-electron chi connectivity index (χ2n) is 6.55. The molecular weight excluding hydrogens is 336 g/mol. The molecule has 0 spiro atoms. The second kappa shape index (κ2) is 7.47. The summed E-state index contributed by atoms with van der Waals surface area (Å²) in [5.41, 5.74) is 6.36. The SMILES string of the molecule is CC1(Oc2ccccc2)CN(Sc2cccc(CC(N)C(=O)O)c2)C1. The Morgan fingerprint density at radius 1 is 1.28 bits per heavy atom. The largest absolute Gasteiger partial charge is 0.485 e. The number of aliphatic carboxylic acids is 1. The van der Waals surface area contributed by atoms with E-state index < -0.39 is 12.0 Å². The van der Waals surface area contributed by atoms with E-state index in [1.807, 2.05) is 54.6 Å². The molecule has 1 aliphatic heterocycles. The Morgan fingerprint density at radius 2 is 2.00 bits per heavy atom. The number of hydrogen-bond acceptors (Lipinski definition) is 5. The summed E-state index contributed by atoms with van der Waals surface area (Å²) in [6, 6.07) is 16.8. The molecule has 0 amide bonds. The third-order valence-electron chi connectivity index (χ3n) is 4.03. The van der Waals surface area contributed by atoms with Crippen molar-refractivity contribution in [1.82, 2.24) is 4.31 Å². The third-order valence-corrected chi connectivity index (χ3v) is 5.02. The minimum atomic E-state index is -0.977. The fourth-order valence-corrected chi connectivity index (χ4v) is 4.14. The molecule has 0 aliphatic carbocycles. The van der Waals surface area contributed by atoms with Crippen LogP contribution in [0.25, 0.3) is 0 Å². The van der Waals surface area contributed by atoms with Crippen molar-refractivity contribution < 1.29 is 14.6 Å². The van der Waals surface area contributed by atoms with Crippen molar-refractivity contribution in [3.05, 3.63) is 60.2 Å². The number of nitrogens with two attached hydrogens (primary N) is 1. The standard InChI is InChI=1S/C19H22N2O3S/c1-19(24-15-7-3-2-4-8-15)12-21(13-19)25-16-9-5-6-14(10-16)11-17(20)18(22)23/h2-10,17H,11-13,20H2,1H3,(H,22,23). The lowest BCUT2D eigenvalue weighted by atomic mass is 10.00. The van der Waals surface area contributed by atoms with Gasteiger partial charge in [0.25, 0.3) is 0 Å². The maximum atomic E-state index is 10.9. The zero-order valence-electron chi connectivity index (χ0n) is 14.1. The van der Waals surface area contributed by atoms with Gasteiger partial charge in [-0.15, -0.1) is 0 Å². The van der Waals surface area contributed by atoms with Crippen molar-refractivity contribution in [2.45, 2.75) is 29.9 Å². The first-order valence-corrected chi connectivity index (χ1v) is 8.95. The van der Waals surface area contributed by atoms with E-state index in [1.165, 1.54) is 0 Å². The van der Waals surface area contributed by atoms with E-state index in [0.717, 1.165) is 29.3 Å². The van der Waals surface area contributed by atoms with Gasteiger partial charge in [-0.3, -0.25) is 4.79 Å². The average molecular weight is 358 g/mol. The lowest BCUT2D eigenvalue weighted by Crippen LogP contribution is -2.60. The van der Waals surface area contributed by atoms with Crippen molar-refractivity contribution in [2.75, 3.05) is 13.1 Å². The summed E-state index contributed by atoms with van der Waals surface area (Å²) >= 11 is 1.66. The molecule has 0 radical (unpaired) electrons. The summed E-state index contributed by atoms with van der Waals surface area (Å²) in [5.74, 6) is -0.0890. The summed E-state index contributed by atoms with van der Waals surface area (Å²) in [4.78, 5) is 12.0. The Morgan fingerprint density at radius 3 is 2.68 bits per heavy atom. The van der Waals surface area contributed by atoms with Crippen LogP contribution >= 0.6 is 11.9 Å². The van der Waals surface area contributed by atoms with Gasteiger partial charge < -0.3 is 15.6 Å². The first-order valence-electron chi connectivity index (χ1n) is 8.18. The molecule has 0 bridgehead atoms. The van der Waals surface area contributed by atoms with Gasteiger partial charge in [-0.05, 0) is 55.1 Å². The van der Waals surface area contributed by atoms with Crippen LogP contribution in [0.1, 0.15) is 12.5 Å². The second-order valence-corrected chi connectivity index (χ2v) is 7.72. The minimum absolute atomic E-state index is 0.183. The minimum Gasteiger partial charge on any atom is -0.485 e. The van der Waals surface area contributed by atoms with Gasteiger partial charge in [0.1, 0.15) is 17.4 Å². The highest BCUT2D eigenvalue weighted by molar-refractivity contribution is 7.97. The monoisotopic (exact) mass is 358 g/mol. The molecular formula is C19H22N2O3S. The molecule has 0 saturated carbocycles. The van der Waals surface area contributed by atoms with Gasteiger partial charge in [-0.2, -0.15) is 0 Å². The molecule has 132 valence electrons. The number of para-hydroxylation sites is 1. The summed E-state index contributed by atoms with van der Waals surface area (Å²) < 4.78 is 8.31. The molecule has 0 aromatic heterocycles. The van der Waals surface area contributed by atoms with Crippen molar-refractivity contribution in [2.24, 2.45) is 5.73 Å². The predicted molar refractivity (Wildman–Crippen MR) is 98.7 cm³/mol. The van der Waals surface area contributed by atoms with Crippen LogP contribution in [0.3, 0.4) is 0 Å². The van der Waals surface area contributed by atoms with Crippen LogP contribution in [0.5, 0.6) is 5.75 Å². The summed E-state index contributed by atoms with van der Waals surface area (Å²) in [6.07, 6.45) is 0.332. The fourth-order valence-electron chi connectivity index (χ4n) is 2.82. The number of ether oxygens (including phenoxy) is 1. The van der Waals surface area contributed by atoms with Gasteiger partial charge >= 0.3 is 5.97 Å². The number of carboxylic acid groups (broad SMARTS) is 1. The summed E-state index contributed by atoms with van der Waals surface area (Å²) in [7, 11) is 0. The van der Waals surface area contributed by atoms with Crippen molar-refractivity contribution in [3.63, 3.8) is 0 Å². The van der Waals surface area contributed by atoms with Gasteiger partial charge in [-0.25, -0.2) is 4.31 Å². The zero-order valence-corrected chi connectivity index (χ0v) is 14.9. The lowest BCUT2D eigenvalue weighted by molar-refractivity contribution is -0.138. The number of benzene rings is 2. The molecule has 1 unspecified atom stereocenters. The van der Waals surface area contributed by atoms with E-state index in [0.29, 0.717) is 6.42 Å². The third kappa shape index (κ3) is 4.75. The Hall–Kier alpha value is -2.02. The van der Waals surface area contributed by atoms with Crippen molar-refractivity contribution in [3.8, 4) is 5.75 Å². The number of carboxylic acids is 1. The molecule has 1 aliphatic rings. The molecule has 2 aromatic rings. The van der Waals surface area contributed by atoms with E-state index in [-0.39, 0.29) is 5.60 Å². The molecule has 3 rings (SSSR count). The molecule has 1 saturated heterocycles. The van der Waals surface area contributed by atoms with E-state index >= 15 is 0 Å². The number of carbonyl (C=O) groups is 1. The molecule has 3 N–H and O–H groups in total. The smallest absolute Gasteiger partial charge is 0.320 e. The van der Waals surface area contributed by atoms with Crippen LogP contribution in [0, 0.1) is 0 Å². The van der Waals surface area contributed by atoms with Crippen molar-refractivity contribution in [1.29, 1.82) is 0 Å². The van der Waals surface area contributed by atoms with E-state index in [9.17, 15) is 4.79 Å². The Kier molecular flexibility index (Phi) is 5.32. The van der Waals surface area contributed by atoms with Crippen LogP contribution < -0.4 is 10.5 Å². The maximum Gasteiger partial charge on any atom is 0.320 e. The van der Waals surface area contributed by atoms with Gasteiger partial charge in [0.15, 0.2) is 0 Å². The van der Waals surface area contributed by atoms with Crippen LogP contribution in [-0.2, 0) is 11.2 Å². The Labute approximate surface area is 151 Å². The molecule has 1 fully saturated rings. The lowest BCUT2D eigenvalue weighted by Gasteiger charge is -2.46. The van der Waals surface area contributed by atoms with Crippen LogP contribution in [0.2, 0.25) is 0 Å². The fraction of sp³-hybridized carbons (Fsp3) is 0.316. The van der Waals surface area contributed by atoms with Crippen LogP contribution in [0.15, 0.2) is 59.5 Å². The number of nitrogens with zero attached hydrogens (tertiary/aromatic N) is 1. The number of rotatable bonds is 7. The summed E-state index contributed by atoms with van der Waals surface area (Å²) in [6.45, 7) is 3.76. The highest BCUT2D eigenvalue weighted by Gasteiger charge is 2.41. The molecule has 25 heavy (non-hydrogen) atoms. The quantitative estimate of drug-likeness (QED) is 0.741. The molecule has 1 heterocycles. The molecule has 2 aromatic carbocycles. The normalized spacial score (nSPS) is 17.5. The van der Waals surface area contributed by atoms with E-state index in [4.69, 9.17) is 15.6 Å². The first-order chi connectivity index (χ1) is 11.9. The highest BCUT2D eigenvalue weighted by atomic mass is 32.2. The first kappa shape index (κ1) is 17.8. The van der Waals surface area contributed by atoms with Crippen molar-refractivity contribution >= 4 is 17.9 Å². The van der Waals surface area contributed by atoms with E-state index in [2.05, 4.69) is 11.2 Å². The van der Waals surface area contributed by atoms with Gasteiger partial charge in [0, 0.05) is 4.90 Å². The van der Waals surface area contributed by atoms with Crippen LogP contribution in [-0.4, -0.2) is 40.1 Å².